The number of tetrazole rings is 1. The molecule has 1 amide bonds. The number of hydrogen-bond donors (Lipinski definition) is 3. The van der Waals surface area contributed by atoms with E-state index in [9.17, 15) is 19.2 Å². The maximum atomic E-state index is 13.6. The van der Waals surface area contributed by atoms with E-state index in [1.807, 2.05) is 6.07 Å². The van der Waals surface area contributed by atoms with Crippen molar-refractivity contribution in [1.29, 1.82) is 0 Å². The lowest BCUT2D eigenvalue weighted by atomic mass is 9.80. The number of furan rings is 1. The standard InChI is InChI=1S/C26H20BClFN5O4/c1-30-26(35)23-18-11-17(13-2-3-13)21(12-22(18)38-24(23)14-4-7-16(29)8-5-14)34-25(31-32-33-34)15-6-9-19(27(36)37)20(28)10-15/h4-13,36-37H,2-3H2,1H3,(H,30,35). The topological polar surface area (TPSA) is 126 Å². The maximum absolute atomic E-state index is 13.6. The SMILES string of the molecule is CNC(=O)c1c(-c2ccc(F)cc2)oc2cc(-n3nnnc3-c3ccc(B(O)O)c(Cl)c3)c(C3CC3)cc12. The van der Waals surface area contributed by atoms with Crippen molar-refractivity contribution >= 4 is 41.1 Å². The number of nitrogens with zero attached hydrogens (tertiary/aromatic N) is 4. The van der Waals surface area contributed by atoms with Crippen LogP contribution in [0.4, 0.5) is 4.39 Å². The molecule has 12 heteroatoms. The van der Waals surface area contributed by atoms with Crippen LogP contribution in [-0.4, -0.2) is 50.3 Å². The minimum Gasteiger partial charge on any atom is -0.455 e. The summed E-state index contributed by atoms with van der Waals surface area (Å²) in [7, 11) is -0.161. The quantitative estimate of drug-likeness (QED) is 0.287. The van der Waals surface area contributed by atoms with E-state index in [1.54, 1.807) is 42.1 Å². The molecule has 1 saturated carbocycles. The molecule has 9 nitrogen and oxygen atoms in total. The Balaban J connectivity index is 1.55. The molecule has 0 unspecified atom stereocenters. The number of carbonyl (C=O) groups excluding carboxylic acids is 1. The zero-order valence-electron chi connectivity index (χ0n) is 20.0. The molecule has 0 bridgehead atoms. The van der Waals surface area contributed by atoms with E-state index in [2.05, 4.69) is 20.8 Å². The number of rotatable bonds is 6. The molecule has 38 heavy (non-hydrogen) atoms. The Bertz CT molecular complexity index is 1700. The number of aromatic nitrogens is 4. The highest BCUT2D eigenvalue weighted by atomic mass is 35.5. The summed E-state index contributed by atoms with van der Waals surface area (Å²) in [6.45, 7) is 0. The molecular weight excluding hydrogens is 512 g/mol. The van der Waals surface area contributed by atoms with Crippen LogP contribution < -0.4 is 10.8 Å². The van der Waals surface area contributed by atoms with Crippen LogP contribution in [0.15, 0.2) is 59.0 Å². The fourth-order valence-corrected chi connectivity index (χ4v) is 4.89. The number of carbonyl (C=O) groups is 1. The van der Waals surface area contributed by atoms with Crippen LogP contribution in [0, 0.1) is 5.82 Å². The molecule has 5 aromatic rings. The van der Waals surface area contributed by atoms with Crippen LogP contribution in [0.2, 0.25) is 5.02 Å². The van der Waals surface area contributed by atoms with Gasteiger partial charge in [0.25, 0.3) is 5.91 Å². The van der Waals surface area contributed by atoms with Gasteiger partial charge in [-0.2, -0.15) is 4.68 Å². The van der Waals surface area contributed by atoms with Crippen LogP contribution in [0.5, 0.6) is 0 Å². The predicted octanol–water partition coefficient (Wildman–Crippen LogP) is 3.45. The summed E-state index contributed by atoms with van der Waals surface area (Å²) >= 11 is 6.27. The van der Waals surface area contributed by atoms with Crippen LogP contribution in [0.3, 0.4) is 0 Å². The van der Waals surface area contributed by atoms with E-state index >= 15 is 0 Å². The summed E-state index contributed by atoms with van der Waals surface area (Å²) in [4.78, 5) is 13.0. The third-order valence-corrected chi connectivity index (χ3v) is 6.98. The van der Waals surface area contributed by atoms with Crippen LogP contribution in [0.1, 0.15) is 34.7 Å². The summed E-state index contributed by atoms with van der Waals surface area (Å²) < 4.78 is 21.4. The zero-order chi connectivity index (χ0) is 26.6. The molecule has 0 aliphatic heterocycles. The third kappa shape index (κ3) is 4.14. The van der Waals surface area contributed by atoms with Gasteiger partial charge < -0.3 is 19.8 Å². The molecule has 3 aromatic carbocycles. The molecule has 190 valence electrons. The van der Waals surface area contributed by atoms with Crippen molar-refractivity contribution in [2.24, 2.45) is 0 Å². The van der Waals surface area contributed by atoms with Crippen molar-refractivity contribution < 1.29 is 23.7 Å². The number of fused-ring (bicyclic) bond motifs is 1. The van der Waals surface area contributed by atoms with Crippen LogP contribution in [-0.2, 0) is 0 Å². The van der Waals surface area contributed by atoms with Crippen LogP contribution in [0.25, 0.3) is 39.4 Å². The molecule has 3 N–H and O–H groups in total. The van der Waals surface area contributed by atoms with Gasteiger partial charge in [-0.05, 0) is 71.1 Å². The number of halogens is 2. The first-order valence-corrected chi connectivity index (χ1v) is 12.3. The van der Waals surface area contributed by atoms with Gasteiger partial charge in [0.15, 0.2) is 5.82 Å². The first-order valence-electron chi connectivity index (χ1n) is 11.9. The summed E-state index contributed by atoms with van der Waals surface area (Å²) in [5.74, 6) is 0.270. The lowest BCUT2D eigenvalue weighted by molar-refractivity contribution is 0.0964. The van der Waals surface area contributed by atoms with Crippen molar-refractivity contribution in [3.05, 3.63) is 76.6 Å². The number of benzene rings is 3. The number of amides is 1. The van der Waals surface area contributed by atoms with Crippen molar-refractivity contribution in [2.75, 3.05) is 7.05 Å². The lowest BCUT2D eigenvalue weighted by Gasteiger charge is -2.12. The average molecular weight is 532 g/mol. The highest BCUT2D eigenvalue weighted by Gasteiger charge is 2.31. The first kappa shape index (κ1) is 24.3. The Kier molecular flexibility index (Phi) is 5.98. The molecular formula is C26H20BClFN5O4. The van der Waals surface area contributed by atoms with Gasteiger partial charge in [-0.3, -0.25) is 4.79 Å². The molecule has 0 spiro atoms. The third-order valence-electron chi connectivity index (χ3n) is 6.65. The lowest BCUT2D eigenvalue weighted by Crippen LogP contribution is -2.30. The number of hydrogen-bond acceptors (Lipinski definition) is 7. The predicted molar refractivity (Wildman–Crippen MR) is 140 cm³/mol. The van der Waals surface area contributed by atoms with E-state index in [0.717, 1.165) is 18.4 Å². The molecule has 0 saturated heterocycles. The Morgan fingerprint density at radius 1 is 1.13 bits per heavy atom. The molecule has 6 rings (SSSR count). The van der Waals surface area contributed by atoms with E-state index in [1.165, 1.54) is 18.2 Å². The number of nitrogens with one attached hydrogen (secondary N) is 1. The largest absolute Gasteiger partial charge is 0.489 e. The Morgan fingerprint density at radius 3 is 2.53 bits per heavy atom. The molecule has 1 aliphatic rings. The van der Waals surface area contributed by atoms with Gasteiger partial charge in [0, 0.05) is 40.1 Å². The molecule has 1 fully saturated rings. The minimum absolute atomic E-state index is 0.162. The highest BCUT2D eigenvalue weighted by Crippen LogP contribution is 2.46. The Hall–Kier alpha value is -4.06. The summed E-state index contributed by atoms with van der Waals surface area (Å²) in [5, 5.41) is 34.8. The monoisotopic (exact) mass is 531 g/mol. The molecule has 0 radical (unpaired) electrons. The van der Waals surface area contributed by atoms with E-state index in [4.69, 9.17) is 16.0 Å². The second-order valence-corrected chi connectivity index (χ2v) is 9.51. The summed E-state index contributed by atoms with van der Waals surface area (Å²) in [5.41, 5.74) is 3.76. The molecule has 2 heterocycles. The molecule has 0 atom stereocenters. The fraction of sp³-hybridized carbons (Fsp3) is 0.154. The van der Waals surface area contributed by atoms with Gasteiger partial charge in [0.05, 0.1) is 11.3 Å². The van der Waals surface area contributed by atoms with Crippen molar-refractivity contribution in [3.8, 4) is 28.4 Å². The van der Waals surface area contributed by atoms with Gasteiger partial charge >= 0.3 is 7.12 Å². The second kappa shape index (κ2) is 9.36. The maximum Gasteiger partial charge on any atom is 0.489 e. The van der Waals surface area contributed by atoms with Crippen molar-refractivity contribution in [2.45, 2.75) is 18.8 Å². The van der Waals surface area contributed by atoms with Gasteiger partial charge in [0.1, 0.15) is 17.2 Å². The van der Waals surface area contributed by atoms with Gasteiger partial charge in [-0.1, -0.05) is 23.7 Å². The highest BCUT2D eigenvalue weighted by molar-refractivity contribution is 6.62. The van der Waals surface area contributed by atoms with Gasteiger partial charge in [0.2, 0.25) is 0 Å². The Morgan fingerprint density at radius 2 is 1.87 bits per heavy atom. The first-order chi connectivity index (χ1) is 18.4. The van der Waals surface area contributed by atoms with E-state index in [0.29, 0.717) is 44.9 Å². The molecule has 1 aliphatic carbocycles. The van der Waals surface area contributed by atoms with Crippen LogP contribution >= 0.6 is 11.6 Å². The zero-order valence-corrected chi connectivity index (χ0v) is 20.8. The van der Waals surface area contributed by atoms with Gasteiger partial charge in [-0.25, -0.2) is 4.39 Å². The second-order valence-electron chi connectivity index (χ2n) is 9.10. The average Bonchev–Trinajstić information content (AvgIpc) is 3.51. The molecule has 2 aromatic heterocycles. The summed E-state index contributed by atoms with van der Waals surface area (Å²) in [6.07, 6.45) is 1.95. The van der Waals surface area contributed by atoms with E-state index in [-0.39, 0.29) is 22.3 Å². The minimum atomic E-state index is -1.71. The van der Waals surface area contributed by atoms with E-state index < -0.39 is 12.9 Å². The normalized spacial score (nSPS) is 13.2. The smallest absolute Gasteiger partial charge is 0.455 e. The van der Waals surface area contributed by atoms with Crippen molar-refractivity contribution in [1.82, 2.24) is 25.5 Å². The Labute approximate surface area is 221 Å². The summed E-state index contributed by atoms with van der Waals surface area (Å²) in [6, 6.07) is 14.2. The van der Waals surface area contributed by atoms with Crippen molar-refractivity contribution in [3.63, 3.8) is 0 Å². The fourth-order valence-electron chi connectivity index (χ4n) is 4.61. The van der Waals surface area contributed by atoms with Gasteiger partial charge in [-0.15, -0.1) is 5.10 Å².